The van der Waals surface area contributed by atoms with Gasteiger partial charge in [-0.1, -0.05) is 11.6 Å². The molecule has 0 amide bonds. The van der Waals surface area contributed by atoms with Crippen LogP contribution in [0.5, 0.6) is 0 Å². The summed E-state index contributed by atoms with van der Waals surface area (Å²) in [6.07, 6.45) is 0. The summed E-state index contributed by atoms with van der Waals surface area (Å²) in [6, 6.07) is 9.46. The monoisotopic (exact) mass is 334 g/mol. The molecule has 0 aliphatic rings. The van der Waals surface area contributed by atoms with E-state index in [1.54, 1.807) is 0 Å². The first-order valence-electron chi connectivity index (χ1n) is 7.05. The van der Waals surface area contributed by atoms with Crippen LogP contribution < -0.4 is 5.32 Å². The molecule has 1 heterocycles. The van der Waals surface area contributed by atoms with Crippen molar-refractivity contribution in [3.8, 4) is 0 Å². The first-order chi connectivity index (χ1) is 10.4. The van der Waals surface area contributed by atoms with E-state index < -0.39 is 11.6 Å². The van der Waals surface area contributed by atoms with Gasteiger partial charge in [-0.3, -0.25) is 0 Å². The average molecular weight is 335 g/mol. The van der Waals surface area contributed by atoms with Gasteiger partial charge in [0.25, 0.3) is 0 Å². The van der Waals surface area contributed by atoms with Crippen molar-refractivity contribution in [1.29, 1.82) is 0 Å². The van der Waals surface area contributed by atoms with E-state index in [1.165, 1.54) is 17.7 Å². The predicted molar refractivity (Wildman–Crippen MR) is 92.8 cm³/mol. The topological polar surface area (TPSA) is 24.9 Å². The maximum atomic E-state index is 13.8. The highest BCUT2D eigenvalue weighted by Crippen LogP contribution is 2.27. The van der Waals surface area contributed by atoms with Crippen LogP contribution >= 0.6 is 12.4 Å². The first-order valence-corrected chi connectivity index (χ1v) is 7.05. The highest BCUT2D eigenvalue weighted by molar-refractivity contribution is 5.87. The zero-order chi connectivity index (χ0) is 15.9. The van der Waals surface area contributed by atoms with Crippen LogP contribution in [-0.4, -0.2) is 4.98 Å². The van der Waals surface area contributed by atoms with Crippen molar-refractivity contribution in [2.24, 2.45) is 0 Å². The molecule has 3 aromatic rings. The molecule has 0 bridgehead atoms. The van der Waals surface area contributed by atoms with Crippen LogP contribution in [0.1, 0.15) is 16.7 Å². The van der Waals surface area contributed by atoms with Gasteiger partial charge >= 0.3 is 0 Å². The number of halogens is 3. The average Bonchev–Trinajstić information content (AvgIpc) is 2.43. The summed E-state index contributed by atoms with van der Waals surface area (Å²) < 4.78 is 26.7. The Morgan fingerprint density at radius 1 is 0.913 bits per heavy atom. The number of hydrogen-bond donors (Lipinski definition) is 1. The summed E-state index contributed by atoms with van der Waals surface area (Å²) in [5, 5.41) is 4.01. The second-order valence-electron chi connectivity index (χ2n) is 5.55. The molecule has 1 aromatic heterocycles. The molecule has 120 valence electrons. The maximum absolute atomic E-state index is 13.8. The van der Waals surface area contributed by atoms with Gasteiger partial charge in [-0.2, -0.15) is 0 Å². The van der Waals surface area contributed by atoms with Crippen LogP contribution in [0, 0.1) is 32.4 Å². The van der Waals surface area contributed by atoms with Gasteiger partial charge in [0.1, 0.15) is 17.5 Å². The summed E-state index contributed by atoms with van der Waals surface area (Å²) in [7, 11) is 0. The molecule has 2 nitrogen and oxygen atoms in total. The Kier molecular flexibility index (Phi) is 4.85. The Morgan fingerprint density at radius 2 is 1.65 bits per heavy atom. The van der Waals surface area contributed by atoms with Crippen molar-refractivity contribution in [2.45, 2.75) is 20.8 Å². The lowest BCUT2D eigenvalue weighted by Gasteiger charge is -2.12. The van der Waals surface area contributed by atoms with Crippen molar-refractivity contribution < 1.29 is 8.78 Å². The maximum Gasteiger partial charge on any atom is 0.149 e. The fourth-order valence-corrected chi connectivity index (χ4v) is 2.64. The van der Waals surface area contributed by atoms with Crippen LogP contribution in [0.3, 0.4) is 0 Å². The molecule has 3 rings (SSSR count). The van der Waals surface area contributed by atoms with Crippen LogP contribution in [0.2, 0.25) is 0 Å². The van der Waals surface area contributed by atoms with E-state index in [1.807, 2.05) is 26.8 Å². The number of rotatable bonds is 2. The minimum absolute atomic E-state index is 0. The van der Waals surface area contributed by atoms with E-state index in [4.69, 9.17) is 0 Å². The molecule has 23 heavy (non-hydrogen) atoms. The predicted octanol–water partition coefficient (Wildman–Crippen LogP) is 5.60. The van der Waals surface area contributed by atoms with Crippen molar-refractivity contribution in [1.82, 2.24) is 4.98 Å². The Morgan fingerprint density at radius 3 is 2.35 bits per heavy atom. The lowest BCUT2D eigenvalue weighted by atomic mass is 10.0. The highest BCUT2D eigenvalue weighted by atomic mass is 35.5. The zero-order valence-corrected chi connectivity index (χ0v) is 13.9. The number of fused-ring (bicyclic) bond motifs is 1. The lowest BCUT2D eigenvalue weighted by molar-refractivity contribution is 0.586. The summed E-state index contributed by atoms with van der Waals surface area (Å²) in [5.74, 6) is -0.695. The number of hydrogen-bond acceptors (Lipinski definition) is 2. The molecule has 0 fully saturated rings. The van der Waals surface area contributed by atoms with Crippen molar-refractivity contribution in [3.05, 3.63) is 64.7 Å². The van der Waals surface area contributed by atoms with E-state index in [-0.39, 0.29) is 18.1 Å². The molecule has 0 unspecified atom stereocenters. The second kappa shape index (κ2) is 6.50. The normalized spacial score (nSPS) is 10.5. The van der Waals surface area contributed by atoms with Gasteiger partial charge < -0.3 is 5.32 Å². The molecule has 1 N–H and O–H groups in total. The largest absolute Gasteiger partial charge is 0.338 e. The van der Waals surface area contributed by atoms with Gasteiger partial charge in [-0.15, -0.1) is 12.4 Å². The molecule has 0 atom stereocenters. The van der Waals surface area contributed by atoms with Crippen molar-refractivity contribution in [2.75, 3.05) is 5.32 Å². The Balaban J connectivity index is 0.00000192. The standard InChI is InChI=1S/C18H16F2N2.ClH/c1-10-6-12(3)18-14(7-10)11(2)8-17(22-18)21-16-5-4-13(19)9-15(16)20;/h4-9H,1-3H3,(H,21,22);1H. The van der Waals surface area contributed by atoms with E-state index in [0.29, 0.717) is 5.82 Å². The van der Waals surface area contributed by atoms with Crippen molar-refractivity contribution in [3.63, 3.8) is 0 Å². The lowest BCUT2D eigenvalue weighted by Crippen LogP contribution is -1.99. The van der Waals surface area contributed by atoms with Crippen LogP contribution in [-0.2, 0) is 0 Å². The summed E-state index contributed by atoms with van der Waals surface area (Å²) in [6.45, 7) is 6.05. The van der Waals surface area contributed by atoms with E-state index in [9.17, 15) is 8.78 Å². The Bertz CT molecular complexity index is 879. The number of nitrogens with one attached hydrogen (secondary N) is 1. The van der Waals surface area contributed by atoms with Gasteiger partial charge in [0, 0.05) is 11.5 Å². The number of aromatic nitrogens is 1. The van der Waals surface area contributed by atoms with Gasteiger partial charge in [0.15, 0.2) is 0 Å². The molecule has 2 aromatic carbocycles. The summed E-state index contributed by atoms with van der Waals surface area (Å²) in [4.78, 5) is 4.56. The molecule has 0 aliphatic heterocycles. The Hall–Kier alpha value is -2.20. The first kappa shape index (κ1) is 17.2. The Labute approximate surface area is 140 Å². The molecule has 0 radical (unpaired) electrons. The van der Waals surface area contributed by atoms with Gasteiger partial charge in [0.2, 0.25) is 0 Å². The van der Waals surface area contributed by atoms with E-state index >= 15 is 0 Å². The fourth-order valence-electron chi connectivity index (χ4n) is 2.64. The molecule has 0 aliphatic carbocycles. The molecular formula is C18H17ClF2N2. The summed E-state index contributed by atoms with van der Waals surface area (Å²) >= 11 is 0. The molecule has 0 saturated heterocycles. The smallest absolute Gasteiger partial charge is 0.149 e. The third-order valence-corrected chi connectivity index (χ3v) is 3.65. The quantitative estimate of drug-likeness (QED) is 0.659. The minimum atomic E-state index is -0.639. The zero-order valence-electron chi connectivity index (χ0n) is 13.1. The van der Waals surface area contributed by atoms with E-state index in [0.717, 1.165) is 28.1 Å². The number of nitrogens with zero attached hydrogens (tertiary/aromatic N) is 1. The van der Waals surface area contributed by atoms with Crippen LogP contribution in [0.25, 0.3) is 10.9 Å². The van der Waals surface area contributed by atoms with Crippen LogP contribution in [0.4, 0.5) is 20.3 Å². The molecular weight excluding hydrogens is 318 g/mol. The molecule has 5 heteroatoms. The SMILES string of the molecule is Cc1cc(C)c2nc(Nc3ccc(F)cc3F)cc(C)c2c1.Cl. The van der Waals surface area contributed by atoms with Gasteiger partial charge in [-0.25, -0.2) is 13.8 Å². The minimum Gasteiger partial charge on any atom is -0.338 e. The highest BCUT2D eigenvalue weighted by Gasteiger charge is 2.09. The third kappa shape index (κ3) is 3.42. The summed E-state index contributed by atoms with van der Waals surface area (Å²) in [5.41, 5.74) is 4.40. The molecule has 0 spiro atoms. The van der Waals surface area contributed by atoms with Crippen molar-refractivity contribution >= 4 is 34.8 Å². The van der Waals surface area contributed by atoms with Gasteiger partial charge in [-0.05, 0) is 56.2 Å². The number of pyridine rings is 1. The number of anilines is 2. The number of benzene rings is 2. The van der Waals surface area contributed by atoms with Crippen LogP contribution in [0.15, 0.2) is 36.4 Å². The van der Waals surface area contributed by atoms with Gasteiger partial charge in [0.05, 0.1) is 11.2 Å². The second-order valence-corrected chi connectivity index (χ2v) is 5.55. The fraction of sp³-hybridized carbons (Fsp3) is 0.167. The third-order valence-electron chi connectivity index (χ3n) is 3.65. The number of aryl methyl sites for hydroxylation is 3. The molecule has 0 saturated carbocycles. The van der Waals surface area contributed by atoms with E-state index in [2.05, 4.69) is 22.4 Å².